The summed E-state index contributed by atoms with van der Waals surface area (Å²) in [7, 11) is 0. The topological polar surface area (TPSA) is 101 Å². The van der Waals surface area contributed by atoms with Crippen molar-refractivity contribution in [2.75, 3.05) is 0 Å². The number of nitrogens with two attached hydrogens (primary N) is 1. The number of hydrogen-bond donors (Lipinski definition) is 3. The summed E-state index contributed by atoms with van der Waals surface area (Å²) in [5, 5.41) is 19.3. The second-order valence-corrected chi connectivity index (χ2v) is 10.1. The second-order valence-electron chi connectivity index (χ2n) is 8.24. The predicted molar refractivity (Wildman–Crippen MR) is 136 cm³/mol. The lowest BCUT2D eigenvalue weighted by atomic mass is 9.90. The van der Waals surface area contributed by atoms with Crippen LogP contribution in [0.5, 0.6) is 11.5 Å². The number of ether oxygens (including phenoxy) is 2. The third kappa shape index (κ3) is 7.82. The molecule has 0 saturated heterocycles. The highest BCUT2D eigenvalue weighted by atomic mass is 79.9. The van der Waals surface area contributed by atoms with E-state index < -0.39 is 53.0 Å². The van der Waals surface area contributed by atoms with Crippen molar-refractivity contribution in [3.8, 4) is 11.5 Å². The quantitative estimate of drug-likeness (QED) is 0.0912. The highest BCUT2D eigenvalue weighted by molar-refractivity contribution is 9.10. The van der Waals surface area contributed by atoms with Crippen LogP contribution in [0.15, 0.2) is 71.3 Å². The Hall–Kier alpha value is -3.05. The maximum absolute atomic E-state index is 14.3. The molecule has 4 N–H and O–H groups in total. The van der Waals surface area contributed by atoms with Gasteiger partial charge >= 0.3 is 19.4 Å². The van der Waals surface area contributed by atoms with Crippen molar-refractivity contribution < 1.29 is 56.0 Å². The average Bonchev–Trinajstić information content (AvgIpc) is 3.39. The van der Waals surface area contributed by atoms with Gasteiger partial charge in [0.15, 0.2) is 11.5 Å². The van der Waals surface area contributed by atoms with Gasteiger partial charge in [-0.3, -0.25) is 0 Å². The highest BCUT2D eigenvalue weighted by Gasteiger charge is 2.58. The van der Waals surface area contributed by atoms with Gasteiger partial charge in [-0.2, -0.15) is 36.2 Å². The largest absolute Gasteiger partial charge is 0.431 e. The van der Waals surface area contributed by atoms with Gasteiger partial charge < -0.3 is 14.6 Å². The van der Waals surface area contributed by atoms with Crippen molar-refractivity contribution in [1.82, 2.24) is 9.97 Å². The number of quaternary nitrogens is 1. The van der Waals surface area contributed by atoms with E-state index in [2.05, 4.69) is 35.4 Å². The van der Waals surface area contributed by atoms with Crippen molar-refractivity contribution in [3.63, 3.8) is 0 Å². The van der Waals surface area contributed by atoms with E-state index in [0.717, 1.165) is 36.1 Å². The van der Waals surface area contributed by atoms with Crippen LogP contribution in [0.4, 0.5) is 30.7 Å². The number of nitrogens with zero attached hydrogens (tertiary/aromatic N) is 2. The van der Waals surface area contributed by atoms with Crippen molar-refractivity contribution in [2.24, 2.45) is 0 Å². The zero-order chi connectivity index (χ0) is 30.4. The molecule has 222 valence electrons. The van der Waals surface area contributed by atoms with E-state index in [0.29, 0.717) is 16.9 Å². The van der Waals surface area contributed by atoms with Crippen LogP contribution in [0, 0.1) is 0 Å². The van der Waals surface area contributed by atoms with E-state index in [-0.39, 0.29) is 21.5 Å². The normalized spacial score (nSPS) is 15.0. The molecular formula is C25H22BrF7N3O4S+. The van der Waals surface area contributed by atoms with Crippen LogP contribution in [-0.4, -0.2) is 39.7 Å². The van der Waals surface area contributed by atoms with Crippen molar-refractivity contribution in [1.29, 1.82) is 0 Å². The summed E-state index contributed by atoms with van der Waals surface area (Å²) in [6.45, 7) is -5.09. The molecule has 0 aliphatic rings. The fourth-order valence-electron chi connectivity index (χ4n) is 3.80. The molecule has 0 aliphatic carbocycles. The summed E-state index contributed by atoms with van der Waals surface area (Å²) in [5.41, 5.74) is -2.64. The second kappa shape index (κ2) is 13.7. The van der Waals surface area contributed by atoms with Gasteiger partial charge in [-0.15, -0.1) is 11.3 Å². The third-order valence-corrected chi connectivity index (χ3v) is 7.43. The van der Waals surface area contributed by atoms with Crippen LogP contribution in [-0.2, 0) is 5.60 Å². The Morgan fingerprint density at radius 3 is 2.29 bits per heavy atom. The molecule has 0 aliphatic heterocycles. The van der Waals surface area contributed by atoms with Gasteiger partial charge in [-0.05, 0) is 64.7 Å². The summed E-state index contributed by atoms with van der Waals surface area (Å²) < 4.78 is 104. The molecule has 41 heavy (non-hydrogen) atoms. The van der Waals surface area contributed by atoms with Crippen LogP contribution in [0.2, 0.25) is 0 Å². The lowest BCUT2D eigenvalue weighted by molar-refractivity contribution is -0.838. The number of aromatic nitrogens is 2. The molecule has 2 unspecified atom stereocenters. The van der Waals surface area contributed by atoms with Gasteiger partial charge in [0.05, 0.1) is 0 Å². The van der Waals surface area contributed by atoms with Gasteiger partial charge in [0.25, 0.3) is 0 Å². The number of alkyl halides is 7. The molecule has 2 aromatic heterocycles. The Morgan fingerprint density at radius 2 is 1.73 bits per heavy atom. The predicted octanol–water partition coefficient (Wildman–Crippen LogP) is 6.24. The van der Waals surface area contributed by atoms with Gasteiger partial charge in [0.1, 0.15) is 15.8 Å². The molecule has 0 radical (unpaired) electrons. The Morgan fingerprint density at radius 1 is 1.05 bits per heavy atom. The first-order valence-corrected chi connectivity index (χ1v) is 13.1. The first-order valence-electron chi connectivity index (χ1n) is 11.5. The zero-order valence-electron chi connectivity index (χ0n) is 20.8. The highest BCUT2D eigenvalue weighted by Crippen LogP contribution is 2.47. The Labute approximate surface area is 241 Å². The van der Waals surface area contributed by atoms with Crippen LogP contribution < -0.4 is 15.0 Å². The average molecular weight is 673 g/mol. The van der Waals surface area contributed by atoms with E-state index in [9.17, 15) is 35.8 Å². The van der Waals surface area contributed by atoms with Gasteiger partial charge in [-0.1, -0.05) is 18.2 Å². The minimum atomic E-state index is -5.21. The summed E-state index contributed by atoms with van der Waals surface area (Å²) in [4.78, 5) is 7.81. The molecule has 3 aromatic rings. The molecule has 16 heteroatoms. The molecule has 0 bridgehead atoms. The molecule has 7 nitrogen and oxygen atoms in total. The third-order valence-electron chi connectivity index (χ3n) is 5.74. The number of allylic oxidation sites excluding steroid dienone is 3. The lowest BCUT2D eigenvalue weighted by Gasteiger charge is -2.28. The number of pyridine rings is 1. The molecule has 2 atom stereocenters. The maximum atomic E-state index is 14.3. The molecule has 2 heterocycles. The van der Waals surface area contributed by atoms with E-state index >= 15 is 0 Å². The number of benzene rings is 1. The molecule has 0 fully saturated rings. The zero-order valence-corrected chi connectivity index (χ0v) is 23.2. The lowest BCUT2D eigenvalue weighted by Crippen LogP contribution is -2.73. The fourth-order valence-corrected chi connectivity index (χ4v) is 5.21. The molecule has 0 amide bonds. The Kier molecular flexibility index (Phi) is 10.9. The maximum Gasteiger partial charge on any atom is 0.428 e. The summed E-state index contributed by atoms with van der Waals surface area (Å²) in [6.07, 6.45) is 1.20. The number of halogens is 8. The molecule has 0 saturated carbocycles. The van der Waals surface area contributed by atoms with E-state index in [4.69, 9.17) is 5.21 Å². The standard InChI is InChI=1S/C25H21BrF7N3O4S/c1-2-13(7-8-36-38)9-16(14-3-5-17(39-22(27)28)18(10-14)40-23(29)30)19-12-35-21(41-19)24(37,25(31,32)33)15-4-6-20(26)34-11-15/h2-8,10-12,16,22-23,36-38H,9H2,1H3/p+1/b8-7-,13-2+. The Bertz CT molecular complexity index is 1370. The molecule has 1 aromatic carbocycles. The minimum absolute atomic E-state index is 0.0376. The minimum Gasteiger partial charge on any atom is -0.431 e. The van der Waals surface area contributed by atoms with E-state index in [1.165, 1.54) is 24.4 Å². The van der Waals surface area contributed by atoms with Gasteiger partial charge in [0.2, 0.25) is 5.60 Å². The van der Waals surface area contributed by atoms with Crippen molar-refractivity contribution in [3.05, 3.63) is 92.3 Å². The number of hydrogen-bond acceptors (Lipinski definition) is 7. The molecule has 0 spiro atoms. The van der Waals surface area contributed by atoms with Crippen LogP contribution in [0.1, 0.15) is 40.3 Å². The molecular weight excluding hydrogens is 651 g/mol. The van der Waals surface area contributed by atoms with Crippen LogP contribution in [0.3, 0.4) is 0 Å². The monoisotopic (exact) mass is 672 g/mol. The van der Waals surface area contributed by atoms with Gasteiger partial charge in [0, 0.05) is 28.8 Å². The summed E-state index contributed by atoms with van der Waals surface area (Å²) in [5.74, 6) is -2.29. The van der Waals surface area contributed by atoms with E-state index in [1.807, 2.05) is 0 Å². The van der Waals surface area contributed by atoms with Gasteiger partial charge in [-0.25, -0.2) is 15.2 Å². The smallest absolute Gasteiger partial charge is 0.428 e. The number of rotatable bonds is 12. The van der Waals surface area contributed by atoms with E-state index in [1.54, 1.807) is 13.0 Å². The Balaban J connectivity index is 2.17. The fraction of sp³-hybridized carbons (Fsp3) is 0.280. The summed E-state index contributed by atoms with van der Waals surface area (Å²) in [6, 6.07) is 5.51. The number of hydroxylamine groups is 1. The summed E-state index contributed by atoms with van der Waals surface area (Å²) >= 11 is 3.54. The molecule has 3 rings (SSSR count). The van der Waals surface area contributed by atoms with Crippen LogP contribution in [0.25, 0.3) is 0 Å². The van der Waals surface area contributed by atoms with Crippen LogP contribution >= 0.6 is 27.3 Å². The SMILES string of the molecule is C/C=C(\C=C/[NH2+]O)CC(c1ccc(OC(F)F)c(OC(F)F)c1)c1cnc(C(O)(c2ccc(Br)nc2)C(F)(F)F)s1. The van der Waals surface area contributed by atoms with Crippen molar-refractivity contribution in [2.45, 2.75) is 44.3 Å². The number of aliphatic hydroxyl groups is 1. The van der Waals surface area contributed by atoms with Crippen molar-refractivity contribution >= 4 is 27.3 Å². The first kappa shape index (κ1) is 32.5. The first-order chi connectivity index (χ1) is 19.3. The number of thiazole rings is 1.